The van der Waals surface area contributed by atoms with E-state index in [0.717, 1.165) is 52.9 Å². The molecule has 1 aliphatic rings. The van der Waals surface area contributed by atoms with Gasteiger partial charge in [-0.2, -0.15) is 0 Å². The third-order valence-corrected chi connectivity index (χ3v) is 6.97. The summed E-state index contributed by atoms with van der Waals surface area (Å²) in [7, 11) is 1.68. The summed E-state index contributed by atoms with van der Waals surface area (Å²) >= 11 is 0. The van der Waals surface area contributed by atoms with E-state index in [-0.39, 0.29) is 5.56 Å². The molecule has 8 heteroatoms. The number of H-pyrrole nitrogens is 1. The third-order valence-electron chi connectivity index (χ3n) is 6.97. The molecule has 0 bridgehead atoms. The minimum absolute atomic E-state index is 0.0674. The fourth-order valence-corrected chi connectivity index (χ4v) is 5.07. The molecule has 1 fully saturated rings. The van der Waals surface area contributed by atoms with Crippen LogP contribution in [0.4, 0.5) is 0 Å². The predicted octanol–water partition coefficient (Wildman–Crippen LogP) is 4.40. The van der Waals surface area contributed by atoms with Gasteiger partial charge in [0.1, 0.15) is 5.75 Å². The number of nitrogens with one attached hydrogen (secondary N) is 1. The molecule has 4 aromatic rings. The summed E-state index contributed by atoms with van der Waals surface area (Å²) in [6, 6.07) is 16.6. The van der Waals surface area contributed by atoms with E-state index in [1.165, 1.54) is 18.4 Å². The van der Waals surface area contributed by atoms with Gasteiger partial charge in [0.15, 0.2) is 5.82 Å². The first-order valence-electron chi connectivity index (χ1n) is 12.4. The van der Waals surface area contributed by atoms with Crippen molar-refractivity contribution in [3.63, 3.8) is 0 Å². The van der Waals surface area contributed by atoms with E-state index >= 15 is 0 Å². The van der Waals surface area contributed by atoms with E-state index in [4.69, 9.17) is 4.74 Å². The number of para-hydroxylation sites is 1. The fraction of sp³-hybridized carbons (Fsp3) is 0.407. The number of aromatic amines is 1. The minimum atomic E-state index is -0.0674. The van der Waals surface area contributed by atoms with E-state index in [0.29, 0.717) is 25.7 Å². The second-order valence-corrected chi connectivity index (χ2v) is 9.33. The van der Waals surface area contributed by atoms with Crippen LogP contribution < -0.4 is 10.3 Å². The first kappa shape index (κ1) is 23.2. The highest BCUT2D eigenvalue weighted by atomic mass is 16.5. The zero-order valence-electron chi connectivity index (χ0n) is 20.4. The Hall–Kier alpha value is -3.52. The van der Waals surface area contributed by atoms with Crippen molar-refractivity contribution in [3.8, 4) is 5.75 Å². The molecule has 2 aromatic carbocycles. The Morgan fingerprint density at radius 2 is 1.86 bits per heavy atom. The normalized spacial score (nSPS) is 14.3. The monoisotopic (exact) mass is 472 g/mol. The summed E-state index contributed by atoms with van der Waals surface area (Å²) in [6.07, 6.45) is 5.58. The number of rotatable bonds is 9. The van der Waals surface area contributed by atoms with E-state index in [1.54, 1.807) is 7.11 Å². The van der Waals surface area contributed by atoms with Crippen LogP contribution in [0.15, 0.2) is 53.3 Å². The topological polar surface area (TPSA) is 88.9 Å². The van der Waals surface area contributed by atoms with Gasteiger partial charge in [0.05, 0.1) is 19.7 Å². The standard InChI is InChI=1S/C27H32N6O2/c1-3-19-12-13-24-21(14-19)15-22(27(34)28-24)17-32(16-20-8-4-7-11-25(20)35-2)18-26-29-30-31-33(26)23-9-5-6-10-23/h4,7-8,11-15,23H,3,5-6,9-10,16-18H2,1-2H3,(H,28,34). The lowest BCUT2D eigenvalue weighted by Gasteiger charge is -2.23. The van der Waals surface area contributed by atoms with Crippen LogP contribution in [-0.2, 0) is 26.1 Å². The van der Waals surface area contributed by atoms with Crippen LogP contribution in [0.2, 0.25) is 0 Å². The second-order valence-electron chi connectivity index (χ2n) is 9.33. The van der Waals surface area contributed by atoms with Gasteiger partial charge < -0.3 is 9.72 Å². The van der Waals surface area contributed by atoms with Gasteiger partial charge in [-0.25, -0.2) is 4.68 Å². The molecular formula is C27H32N6O2. The highest BCUT2D eigenvalue weighted by Gasteiger charge is 2.23. The molecule has 5 rings (SSSR count). The smallest absolute Gasteiger partial charge is 0.252 e. The van der Waals surface area contributed by atoms with Crippen molar-refractivity contribution >= 4 is 10.9 Å². The van der Waals surface area contributed by atoms with Crippen molar-refractivity contribution in [2.45, 2.75) is 64.7 Å². The lowest BCUT2D eigenvalue weighted by Crippen LogP contribution is -2.28. The second kappa shape index (κ2) is 10.4. The Bertz CT molecular complexity index is 1360. The van der Waals surface area contributed by atoms with Crippen LogP contribution in [0.25, 0.3) is 10.9 Å². The summed E-state index contributed by atoms with van der Waals surface area (Å²) in [4.78, 5) is 18.3. The van der Waals surface area contributed by atoms with Gasteiger partial charge in [-0.1, -0.05) is 44.0 Å². The number of aryl methyl sites for hydroxylation is 1. The Balaban J connectivity index is 1.48. The van der Waals surface area contributed by atoms with Gasteiger partial charge in [0.25, 0.3) is 5.56 Å². The number of aromatic nitrogens is 5. The molecule has 0 atom stereocenters. The zero-order chi connectivity index (χ0) is 24.2. The number of benzene rings is 2. The maximum Gasteiger partial charge on any atom is 0.252 e. The fourth-order valence-electron chi connectivity index (χ4n) is 5.07. The molecule has 0 unspecified atom stereocenters. The number of nitrogens with zero attached hydrogens (tertiary/aromatic N) is 5. The number of fused-ring (bicyclic) bond motifs is 1. The van der Waals surface area contributed by atoms with Crippen molar-refractivity contribution in [1.29, 1.82) is 0 Å². The molecule has 182 valence electrons. The first-order valence-corrected chi connectivity index (χ1v) is 12.4. The van der Waals surface area contributed by atoms with Gasteiger partial charge in [-0.3, -0.25) is 9.69 Å². The molecule has 0 radical (unpaired) electrons. The summed E-state index contributed by atoms with van der Waals surface area (Å²) in [5.74, 6) is 1.66. The SMILES string of the molecule is CCc1ccc2[nH]c(=O)c(CN(Cc3ccccc3OC)Cc3nnnn3C3CCCC3)cc2c1. The summed E-state index contributed by atoms with van der Waals surface area (Å²) in [5, 5.41) is 13.7. The van der Waals surface area contributed by atoms with Crippen molar-refractivity contribution in [1.82, 2.24) is 30.1 Å². The lowest BCUT2D eigenvalue weighted by molar-refractivity contribution is 0.228. The number of tetrazole rings is 1. The van der Waals surface area contributed by atoms with Crippen LogP contribution in [-0.4, -0.2) is 37.2 Å². The largest absolute Gasteiger partial charge is 0.496 e. The summed E-state index contributed by atoms with van der Waals surface area (Å²) < 4.78 is 7.59. The molecule has 1 aliphatic carbocycles. The molecule has 0 amide bonds. The molecule has 0 spiro atoms. The third kappa shape index (κ3) is 5.12. The van der Waals surface area contributed by atoms with Crippen molar-refractivity contribution in [2.24, 2.45) is 0 Å². The number of hydrogen-bond donors (Lipinski definition) is 1. The Kier molecular flexibility index (Phi) is 6.90. The maximum atomic E-state index is 13.0. The van der Waals surface area contributed by atoms with Crippen molar-refractivity contribution in [3.05, 3.63) is 81.4 Å². The molecular weight excluding hydrogens is 440 g/mol. The van der Waals surface area contributed by atoms with Crippen LogP contribution in [0.1, 0.15) is 61.2 Å². The van der Waals surface area contributed by atoms with Gasteiger partial charge in [0, 0.05) is 29.7 Å². The number of methoxy groups -OCH3 is 1. The van der Waals surface area contributed by atoms with E-state index in [9.17, 15) is 4.79 Å². The average molecular weight is 473 g/mol. The van der Waals surface area contributed by atoms with Crippen LogP contribution in [0.3, 0.4) is 0 Å². The van der Waals surface area contributed by atoms with Gasteiger partial charge in [-0.15, -0.1) is 5.10 Å². The predicted molar refractivity (Wildman–Crippen MR) is 135 cm³/mol. The summed E-state index contributed by atoms with van der Waals surface area (Å²) in [6.45, 7) is 3.75. The Labute approximate surface area is 204 Å². The minimum Gasteiger partial charge on any atom is -0.496 e. The van der Waals surface area contributed by atoms with E-state index in [2.05, 4.69) is 50.5 Å². The van der Waals surface area contributed by atoms with Crippen LogP contribution in [0.5, 0.6) is 5.75 Å². The molecule has 0 saturated heterocycles. The molecule has 8 nitrogen and oxygen atoms in total. The van der Waals surface area contributed by atoms with Gasteiger partial charge in [-0.05, 0) is 64.9 Å². The quantitative estimate of drug-likeness (QED) is 0.388. The maximum absolute atomic E-state index is 13.0. The highest BCUT2D eigenvalue weighted by molar-refractivity contribution is 5.79. The molecule has 1 N–H and O–H groups in total. The van der Waals surface area contributed by atoms with Gasteiger partial charge in [0.2, 0.25) is 0 Å². The highest BCUT2D eigenvalue weighted by Crippen LogP contribution is 2.30. The van der Waals surface area contributed by atoms with Crippen molar-refractivity contribution in [2.75, 3.05) is 7.11 Å². The molecule has 2 aromatic heterocycles. The van der Waals surface area contributed by atoms with E-state index in [1.807, 2.05) is 35.0 Å². The number of hydrogen-bond acceptors (Lipinski definition) is 6. The molecule has 35 heavy (non-hydrogen) atoms. The summed E-state index contributed by atoms with van der Waals surface area (Å²) in [5.41, 5.74) is 3.82. The first-order chi connectivity index (χ1) is 17.1. The van der Waals surface area contributed by atoms with Gasteiger partial charge >= 0.3 is 0 Å². The molecule has 0 aliphatic heterocycles. The zero-order valence-corrected chi connectivity index (χ0v) is 20.4. The van der Waals surface area contributed by atoms with Crippen LogP contribution in [0, 0.1) is 0 Å². The molecule has 2 heterocycles. The molecule has 1 saturated carbocycles. The average Bonchev–Trinajstić information content (AvgIpc) is 3.56. The number of pyridine rings is 1. The Morgan fingerprint density at radius 1 is 1.06 bits per heavy atom. The number of ether oxygens (including phenoxy) is 1. The van der Waals surface area contributed by atoms with Crippen molar-refractivity contribution < 1.29 is 4.74 Å². The van der Waals surface area contributed by atoms with Crippen LogP contribution >= 0.6 is 0 Å². The lowest BCUT2D eigenvalue weighted by atomic mass is 10.1. The van der Waals surface area contributed by atoms with E-state index < -0.39 is 0 Å². The Morgan fingerprint density at radius 3 is 2.66 bits per heavy atom.